The van der Waals surface area contributed by atoms with Gasteiger partial charge in [-0.05, 0) is 31.0 Å². The molecule has 0 unspecified atom stereocenters. The van der Waals surface area contributed by atoms with E-state index in [2.05, 4.69) is 51.0 Å². The Morgan fingerprint density at radius 2 is 1.85 bits per heavy atom. The SMILES string of the molecule is Cc1ccc2sc(N3CCN(c4nccn5cnnc45)CC3)nc2c1C. The zero-order valence-electron chi connectivity index (χ0n) is 14.8. The van der Waals surface area contributed by atoms with Crippen molar-refractivity contribution >= 4 is 38.2 Å². The third-order valence-corrected chi connectivity index (χ3v) is 6.20. The number of fused-ring (bicyclic) bond motifs is 2. The molecule has 0 N–H and O–H groups in total. The van der Waals surface area contributed by atoms with Crippen LogP contribution in [0.15, 0.2) is 30.9 Å². The van der Waals surface area contributed by atoms with Gasteiger partial charge in [0.2, 0.25) is 5.65 Å². The van der Waals surface area contributed by atoms with Gasteiger partial charge in [-0.15, -0.1) is 10.2 Å². The highest BCUT2D eigenvalue weighted by Crippen LogP contribution is 2.32. The summed E-state index contributed by atoms with van der Waals surface area (Å²) < 4.78 is 3.17. The van der Waals surface area contributed by atoms with Gasteiger partial charge in [-0.3, -0.25) is 4.40 Å². The molecular formula is C18H19N7S. The van der Waals surface area contributed by atoms with Gasteiger partial charge < -0.3 is 9.80 Å². The van der Waals surface area contributed by atoms with Crippen molar-refractivity contribution < 1.29 is 0 Å². The van der Waals surface area contributed by atoms with Crippen molar-refractivity contribution in [3.05, 3.63) is 42.0 Å². The van der Waals surface area contributed by atoms with Gasteiger partial charge >= 0.3 is 0 Å². The largest absolute Gasteiger partial charge is 0.350 e. The molecule has 7 nitrogen and oxygen atoms in total. The maximum absolute atomic E-state index is 4.92. The first-order valence-electron chi connectivity index (χ1n) is 8.72. The Balaban J connectivity index is 1.39. The lowest BCUT2D eigenvalue weighted by molar-refractivity contribution is 0.646. The van der Waals surface area contributed by atoms with E-state index in [9.17, 15) is 0 Å². The number of thiazole rings is 1. The van der Waals surface area contributed by atoms with Gasteiger partial charge in [-0.2, -0.15) is 0 Å². The summed E-state index contributed by atoms with van der Waals surface area (Å²) in [6, 6.07) is 4.37. The minimum atomic E-state index is 0.812. The summed E-state index contributed by atoms with van der Waals surface area (Å²) in [5.41, 5.74) is 4.53. The minimum absolute atomic E-state index is 0.812. The Labute approximate surface area is 154 Å². The predicted molar refractivity (Wildman–Crippen MR) is 104 cm³/mol. The average molecular weight is 365 g/mol. The van der Waals surface area contributed by atoms with Gasteiger partial charge in [-0.1, -0.05) is 17.4 Å². The summed E-state index contributed by atoms with van der Waals surface area (Å²) in [5, 5.41) is 9.30. The molecule has 8 heteroatoms. The van der Waals surface area contributed by atoms with Crippen LogP contribution in [0.5, 0.6) is 0 Å². The lowest BCUT2D eigenvalue weighted by Gasteiger charge is -2.35. The molecule has 1 aliphatic heterocycles. The molecule has 1 aliphatic rings. The van der Waals surface area contributed by atoms with E-state index in [-0.39, 0.29) is 0 Å². The molecule has 5 rings (SSSR count). The van der Waals surface area contributed by atoms with Crippen LogP contribution in [0.3, 0.4) is 0 Å². The van der Waals surface area contributed by atoms with E-state index in [1.165, 1.54) is 15.8 Å². The third-order valence-electron chi connectivity index (χ3n) is 5.12. The number of hydrogen-bond acceptors (Lipinski definition) is 7. The number of hydrogen-bond donors (Lipinski definition) is 0. The van der Waals surface area contributed by atoms with Crippen LogP contribution in [0.1, 0.15) is 11.1 Å². The second-order valence-corrected chi connectivity index (χ2v) is 7.65. The van der Waals surface area contributed by atoms with Gasteiger partial charge in [0, 0.05) is 38.6 Å². The van der Waals surface area contributed by atoms with Gasteiger partial charge in [0.1, 0.15) is 6.33 Å². The number of benzene rings is 1. The Kier molecular flexibility index (Phi) is 3.53. The summed E-state index contributed by atoms with van der Waals surface area (Å²) >= 11 is 1.78. The Bertz CT molecular complexity index is 1090. The van der Waals surface area contributed by atoms with Crippen molar-refractivity contribution in [2.24, 2.45) is 0 Å². The first-order chi connectivity index (χ1) is 12.7. The number of nitrogens with zero attached hydrogens (tertiary/aromatic N) is 7. The van der Waals surface area contributed by atoms with Crippen molar-refractivity contribution in [2.45, 2.75) is 13.8 Å². The summed E-state index contributed by atoms with van der Waals surface area (Å²) in [6.07, 6.45) is 5.39. The van der Waals surface area contributed by atoms with Gasteiger partial charge in [-0.25, -0.2) is 9.97 Å². The van der Waals surface area contributed by atoms with E-state index in [0.29, 0.717) is 0 Å². The first-order valence-corrected chi connectivity index (χ1v) is 9.53. The highest BCUT2D eigenvalue weighted by Gasteiger charge is 2.23. The van der Waals surface area contributed by atoms with Crippen molar-refractivity contribution in [1.82, 2.24) is 24.6 Å². The van der Waals surface area contributed by atoms with Crippen molar-refractivity contribution in [2.75, 3.05) is 36.0 Å². The fraction of sp³-hybridized carbons (Fsp3) is 0.333. The van der Waals surface area contributed by atoms with E-state index >= 15 is 0 Å². The van der Waals surface area contributed by atoms with Crippen molar-refractivity contribution in [1.29, 1.82) is 0 Å². The lowest BCUT2D eigenvalue weighted by atomic mass is 10.1. The van der Waals surface area contributed by atoms with Crippen molar-refractivity contribution in [3.63, 3.8) is 0 Å². The van der Waals surface area contributed by atoms with E-state index in [4.69, 9.17) is 4.98 Å². The Hall–Kier alpha value is -2.74. The predicted octanol–water partition coefficient (Wildman–Crippen LogP) is 2.68. The van der Waals surface area contributed by atoms with Crippen LogP contribution in [-0.2, 0) is 0 Å². The maximum atomic E-state index is 4.92. The van der Waals surface area contributed by atoms with Gasteiger partial charge in [0.25, 0.3) is 0 Å². The molecule has 0 bridgehead atoms. The highest BCUT2D eigenvalue weighted by molar-refractivity contribution is 7.22. The molecule has 4 aromatic rings. The summed E-state index contributed by atoms with van der Waals surface area (Å²) in [5.74, 6) is 0.903. The van der Waals surface area contributed by atoms with E-state index in [1.807, 2.05) is 10.6 Å². The average Bonchev–Trinajstić information content (AvgIpc) is 3.32. The van der Waals surface area contributed by atoms with Crippen LogP contribution >= 0.6 is 11.3 Å². The lowest BCUT2D eigenvalue weighted by Crippen LogP contribution is -2.47. The van der Waals surface area contributed by atoms with Crippen LogP contribution in [0.2, 0.25) is 0 Å². The molecule has 0 spiro atoms. The number of aryl methyl sites for hydroxylation is 2. The molecule has 3 aromatic heterocycles. The maximum Gasteiger partial charge on any atom is 0.203 e. The fourth-order valence-electron chi connectivity index (χ4n) is 3.43. The Morgan fingerprint density at radius 1 is 1.04 bits per heavy atom. The van der Waals surface area contributed by atoms with Gasteiger partial charge in [0.15, 0.2) is 10.9 Å². The van der Waals surface area contributed by atoms with Crippen LogP contribution in [0.4, 0.5) is 10.9 Å². The molecule has 1 saturated heterocycles. The normalized spacial score (nSPS) is 15.3. The first kappa shape index (κ1) is 15.5. The summed E-state index contributed by atoms with van der Waals surface area (Å²) in [7, 11) is 0. The van der Waals surface area contributed by atoms with E-state index in [1.54, 1.807) is 23.9 Å². The second-order valence-electron chi connectivity index (χ2n) is 6.64. The molecule has 4 heterocycles. The fourth-order valence-corrected chi connectivity index (χ4v) is 4.50. The standard InChI is InChI=1S/C18H19N7S/c1-12-3-4-14-15(13(12)2)21-18(26-14)24-9-7-23(8-10-24)16-17-22-20-11-25(17)6-5-19-16/h3-6,11H,7-10H2,1-2H3. The molecular weight excluding hydrogens is 346 g/mol. The molecule has 132 valence electrons. The number of anilines is 2. The molecule has 0 aliphatic carbocycles. The second kappa shape index (κ2) is 5.91. The van der Waals surface area contributed by atoms with Crippen LogP contribution < -0.4 is 9.80 Å². The van der Waals surface area contributed by atoms with E-state index in [0.717, 1.165) is 48.3 Å². The summed E-state index contributed by atoms with van der Waals surface area (Å²) in [4.78, 5) is 14.1. The van der Waals surface area contributed by atoms with E-state index < -0.39 is 0 Å². The van der Waals surface area contributed by atoms with Crippen molar-refractivity contribution in [3.8, 4) is 0 Å². The minimum Gasteiger partial charge on any atom is -0.350 e. The molecule has 0 saturated carbocycles. The van der Waals surface area contributed by atoms with Crippen LogP contribution in [0.25, 0.3) is 15.9 Å². The summed E-state index contributed by atoms with van der Waals surface area (Å²) in [6.45, 7) is 7.94. The smallest absolute Gasteiger partial charge is 0.203 e. The molecule has 0 amide bonds. The molecule has 0 radical (unpaired) electrons. The monoisotopic (exact) mass is 365 g/mol. The molecule has 0 atom stereocenters. The molecule has 1 fully saturated rings. The number of piperazine rings is 1. The number of rotatable bonds is 2. The zero-order chi connectivity index (χ0) is 17.7. The van der Waals surface area contributed by atoms with Gasteiger partial charge in [0.05, 0.1) is 10.2 Å². The zero-order valence-corrected chi connectivity index (χ0v) is 15.6. The highest BCUT2D eigenvalue weighted by atomic mass is 32.1. The topological polar surface area (TPSA) is 62.5 Å². The quantitative estimate of drug-likeness (QED) is 0.544. The van der Waals surface area contributed by atoms with Crippen LogP contribution in [0, 0.1) is 13.8 Å². The third kappa shape index (κ3) is 2.40. The Morgan fingerprint density at radius 3 is 2.69 bits per heavy atom. The van der Waals surface area contributed by atoms with Crippen LogP contribution in [-0.4, -0.2) is 50.7 Å². The molecule has 1 aromatic carbocycles. The number of aromatic nitrogens is 5. The molecule has 26 heavy (non-hydrogen) atoms.